The SMILES string of the molecule is CC1=Cc2ccccc2CC1=CC(=O)c1ccc(-c2ccccc2)cc1. The van der Waals surface area contributed by atoms with Crippen LogP contribution >= 0.6 is 0 Å². The van der Waals surface area contributed by atoms with Crippen LogP contribution in [-0.2, 0) is 6.42 Å². The van der Waals surface area contributed by atoms with Crippen molar-refractivity contribution in [3.8, 4) is 11.1 Å². The highest BCUT2D eigenvalue weighted by atomic mass is 16.1. The number of rotatable bonds is 3. The quantitative estimate of drug-likeness (QED) is 0.416. The first-order chi connectivity index (χ1) is 12.7. The Morgan fingerprint density at radius 2 is 1.46 bits per heavy atom. The van der Waals surface area contributed by atoms with Gasteiger partial charge in [-0.05, 0) is 52.8 Å². The van der Waals surface area contributed by atoms with Crippen molar-refractivity contribution in [2.45, 2.75) is 13.3 Å². The maximum atomic E-state index is 12.7. The summed E-state index contributed by atoms with van der Waals surface area (Å²) in [4.78, 5) is 12.7. The normalized spacial score (nSPS) is 14.7. The lowest BCUT2D eigenvalue weighted by molar-refractivity contribution is 0.104. The molecule has 1 aliphatic carbocycles. The molecule has 1 heteroatoms. The summed E-state index contributed by atoms with van der Waals surface area (Å²) < 4.78 is 0. The van der Waals surface area contributed by atoms with Crippen molar-refractivity contribution in [1.82, 2.24) is 0 Å². The van der Waals surface area contributed by atoms with E-state index in [0.29, 0.717) is 0 Å². The van der Waals surface area contributed by atoms with Crippen molar-refractivity contribution in [2.24, 2.45) is 0 Å². The maximum absolute atomic E-state index is 12.7. The van der Waals surface area contributed by atoms with Crippen molar-refractivity contribution in [2.75, 3.05) is 0 Å². The van der Waals surface area contributed by atoms with Gasteiger partial charge in [0.1, 0.15) is 0 Å². The van der Waals surface area contributed by atoms with E-state index >= 15 is 0 Å². The zero-order valence-corrected chi connectivity index (χ0v) is 14.8. The Bertz CT molecular complexity index is 1010. The van der Waals surface area contributed by atoms with Crippen LogP contribution in [0.2, 0.25) is 0 Å². The Balaban J connectivity index is 1.58. The molecule has 0 N–H and O–H groups in total. The topological polar surface area (TPSA) is 17.1 Å². The fraction of sp³-hybridized carbons (Fsp3) is 0.0800. The van der Waals surface area contributed by atoms with E-state index < -0.39 is 0 Å². The Labute approximate surface area is 154 Å². The molecule has 4 rings (SSSR count). The first-order valence-corrected chi connectivity index (χ1v) is 8.88. The summed E-state index contributed by atoms with van der Waals surface area (Å²) >= 11 is 0. The summed E-state index contributed by atoms with van der Waals surface area (Å²) in [6.45, 7) is 2.08. The van der Waals surface area contributed by atoms with Gasteiger partial charge in [-0.1, -0.05) is 84.9 Å². The van der Waals surface area contributed by atoms with Crippen LogP contribution in [0.25, 0.3) is 17.2 Å². The van der Waals surface area contributed by atoms with Gasteiger partial charge in [-0.15, -0.1) is 0 Å². The molecule has 1 aliphatic rings. The average molecular weight is 336 g/mol. The van der Waals surface area contributed by atoms with Crippen LogP contribution in [-0.4, -0.2) is 5.78 Å². The van der Waals surface area contributed by atoms with Gasteiger partial charge in [-0.25, -0.2) is 0 Å². The third-order valence-electron chi connectivity index (χ3n) is 4.90. The van der Waals surface area contributed by atoms with Gasteiger partial charge in [0.2, 0.25) is 0 Å². The Hall–Kier alpha value is -3.19. The summed E-state index contributed by atoms with van der Waals surface area (Å²) in [6, 6.07) is 26.4. The molecule has 0 aromatic heterocycles. The minimum Gasteiger partial charge on any atom is -0.289 e. The molecule has 0 atom stereocenters. The van der Waals surface area contributed by atoms with Crippen LogP contribution < -0.4 is 0 Å². The molecular weight excluding hydrogens is 316 g/mol. The number of benzene rings is 3. The van der Waals surface area contributed by atoms with E-state index in [1.54, 1.807) is 6.08 Å². The van der Waals surface area contributed by atoms with E-state index in [-0.39, 0.29) is 5.78 Å². The molecule has 0 aliphatic heterocycles. The molecule has 0 unspecified atom stereocenters. The van der Waals surface area contributed by atoms with Gasteiger partial charge in [0.25, 0.3) is 0 Å². The number of carbonyl (C=O) groups is 1. The molecule has 0 spiro atoms. The zero-order valence-electron chi connectivity index (χ0n) is 14.8. The monoisotopic (exact) mass is 336 g/mol. The van der Waals surface area contributed by atoms with Gasteiger partial charge in [-0.2, -0.15) is 0 Å². The molecule has 0 amide bonds. The van der Waals surface area contributed by atoms with Crippen molar-refractivity contribution < 1.29 is 4.79 Å². The fourth-order valence-corrected chi connectivity index (χ4v) is 3.37. The van der Waals surface area contributed by atoms with E-state index in [0.717, 1.165) is 34.3 Å². The third kappa shape index (κ3) is 3.29. The molecule has 0 fully saturated rings. The predicted octanol–water partition coefficient (Wildman–Crippen LogP) is 6.12. The summed E-state index contributed by atoms with van der Waals surface area (Å²) in [6.07, 6.45) is 4.77. The van der Waals surface area contributed by atoms with Gasteiger partial charge in [0, 0.05) is 5.56 Å². The molecule has 0 bridgehead atoms. The van der Waals surface area contributed by atoms with Crippen LogP contribution in [0.3, 0.4) is 0 Å². The second-order valence-corrected chi connectivity index (χ2v) is 6.68. The van der Waals surface area contributed by atoms with Crippen LogP contribution in [0.15, 0.2) is 96.1 Å². The van der Waals surface area contributed by atoms with E-state index in [4.69, 9.17) is 0 Å². The molecule has 126 valence electrons. The van der Waals surface area contributed by atoms with Gasteiger partial charge < -0.3 is 0 Å². The van der Waals surface area contributed by atoms with Crippen molar-refractivity contribution in [3.05, 3.63) is 113 Å². The van der Waals surface area contributed by atoms with Gasteiger partial charge in [-0.3, -0.25) is 4.79 Å². The highest BCUT2D eigenvalue weighted by Crippen LogP contribution is 2.28. The molecular formula is C25H20O. The maximum Gasteiger partial charge on any atom is 0.186 e. The summed E-state index contributed by atoms with van der Waals surface area (Å²) in [5, 5.41) is 0. The molecule has 3 aromatic carbocycles. The summed E-state index contributed by atoms with van der Waals surface area (Å²) in [5.74, 6) is 0.0618. The Kier molecular flexibility index (Phi) is 4.37. The summed E-state index contributed by atoms with van der Waals surface area (Å²) in [5.41, 5.74) is 7.80. The molecule has 26 heavy (non-hydrogen) atoms. The van der Waals surface area contributed by atoms with Crippen LogP contribution in [0.5, 0.6) is 0 Å². The lowest BCUT2D eigenvalue weighted by atomic mass is 9.87. The summed E-state index contributed by atoms with van der Waals surface area (Å²) in [7, 11) is 0. The Morgan fingerprint density at radius 3 is 2.23 bits per heavy atom. The first-order valence-electron chi connectivity index (χ1n) is 8.88. The third-order valence-corrected chi connectivity index (χ3v) is 4.90. The number of hydrogen-bond acceptors (Lipinski definition) is 1. The standard InChI is InChI=1S/C25H20O/c1-18-15-22-9-5-6-10-23(22)16-24(18)17-25(26)21-13-11-20(12-14-21)19-7-3-2-4-8-19/h2-15,17H,16H2,1H3. The number of ketones is 1. The lowest BCUT2D eigenvalue weighted by Crippen LogP contribution is -2.04. The van der Waals surface area contributed by atoms with E-state index in [1.165, 1.54) is 11.1 Å². The number of allylic oxidation sites excluding steroid dienone is 3. The molecule has 0 radical (unpaired) electrons. The van der Waals surface area contributed by atoms with E-state index in [1.807, 2.05) is 42.5 Å². The molecule has 0 heterocycles. The predicted molar refractivity (Wildman–Crippen MR) is 108 cm³/mol. The minimum absolute atomic E-state index is 0.0618. The van der Waals surface area contributed by atoms with E-state index in [9.17, 15) is 4.79 Å². The molecule has 3 aromatic rings. The van der Waals surface area contributed by atoms with Gasteiger partial charge in [0.15, 0.2) is 5.78 Å². The lowest BCUT2D eigenvalue weighted by Gasteiger charge is -2.17. The zero-order chi connectivity index (χ0) is 17.9. The molecule has 1 nitrogen and oxygen atoms in total. The second-order valence-electron chi connectivity index (χ2n) is 6.68. The number of fused-ring (bicyclic) bond motifs is 1. The highest BCUT2D eigenvalue weighted by molar-refractivity contribution is 6.05. The minimum atomic E-state index is 0.0618. The van der Waals surface area contributed by atoms with Crippen LogP contribution in [0, 0.1) is 0 Å². The highest BCUT2D eigenvalue weighted by Gasteiger charge is 2.14. The fourth-order valence-electron chi connectivity index (χ4n) is 3.37. The Morgan fingerprint density at radius 1 is 0.808 bits per heavy atom. The first kappa shape index (κ1) is 16.3. The smallest absolute Gasteiger partial charge is 0.186 e. The van der Waals surface area contributed by atoms with E-state index in [2.05, 4.69) is 49.4 Å². The molecule has 0 saturated heterocycles. The average Bonchev–Trinajstić information content (AvgIpc) is 2.69. The van der Waals surface area contributed by atoms with Crippen molar-refractivity contribution in [1.29, 1.82) is 0 Å². The second kappa shape index (κ2) is 6.97. The van der Waals surface area contributed by atoms with Crippen LogP contribution in [0.4, 0.5) is 0 Å². The largest absolute Gasteiger partial charge is 0.289 e. The van der Waals surface area contributed by atoms with Crippen LogP contribution in [0.1, 0.15) is 28.4 Å². The van der Waals surface area contributed by atoms with Gasteiger partial charge >= 0.3 is 0 Å². The molecule has 0 saturated carbocycles. The van der Waals surface area contributed by atoms with Crippen molar-refractivity contribution in [3.63, 3.8) is 0 Å². The van der Waals surface area contributed by atoms with Gasteiger partial charge in [0.05, 0.1) is 0 Å². The number of hydrogen-bond donors (Lipinski definition) is 0. The number of carbonyl (C=O) groups excluding carboxylic acids is 1. The van der Waals surface area contributed by atoms with Crippen molar-refractivity contribution >= 4 is 11.9 Å².